The van der Waals surface area contributed by atoms with Crippen molar-refractivity contribution in [3.05, 3.63) is 23.5 Å². The van der Waals surface area contributed by atoms with Gasteiger partial charge < -0.3 is 20.5 Å². The van der Waals surface area contributed by atoms with Crippen LogP contribution in [0.25, 0.3) is 0 Å². The standard InChI is InChI=1S/C17H26N4O4S/c1-17(2,26)9-13(22)21-20-12-6-3-5-11-16(12)18-10-14(19-11)25-8-4-7-15(23)24/h10,18-19,26H,3-9H2,1-2H3,(H,21,22)(H,23,24)/b20-12+. The van der Waals surface area contributed by atoms with E-state index in [4.69, 9.17) is 9.84 Å². The molecule has 1 aliphatic carbocycles. The minimum atomic E-state index is -0.834. The Hall–Kier alpha value is -2.16. The number of carboxylic acids is 1. The van der Waals surface area contributed by atoms with E-state index < -0.39 is 5.97 Å². The van der Waals surface area contributed by atoms with Crippen LogP contribution in [0.2, 0.25) is 0 Å². The molecule has 26 heavy (non-hydrogen) atoms. The molecule has 0 bridgehead atoms. The van der Waals surface area contributed by atoms with Crippen molar-refractivity contribution in [2.75, 3.05) is 6.61 Å². The Balaban J connectivity index is 1.90. The summed E-state index contributed by atoms with van der Waals surface area (Å²) < 4.78 is 5.16. The fraction of sp³-hybridized carbons (Fsp3) is 0.588. The number of carbonyl (C=O) groups is 2. The smallest absolute Gasteiger partial charge is 0.303 e. The maximum Gasteiger partial charge on any atom is 0.303 e. The van der Waals surface area contributed by atoms with Crippen LogP contribution in [0.4, 0.5) is 0 Å². The third-order valence-electron chi connectivity index (χ3n) is 3.75. The van der Waals surface area contributed by atoms with Crippen LogP contribution in [0.15, 0.2) is 28.6 Å². The molecule has 1 aliphatic heterocycles. The second-order valence-corrected chi connectivity index (χ2v) is 8.12. The Morgan fingerprint density at radius 2 is 2.19 bits per heavy atom. The first-order chi connectivity index (χ1) is 12.2. The number of hydrogen-bond acceptors (Lipinski definition) is 7. The van der Waals surface area contributed by atoms with Gasteiger partial charge in [0.2, 0.25) is 11.8 Å². The molecule has 0 aromatic carbocycles. The zero-order valence-electron chi connectivity index (χ0n) is 15.1. The highest BCUT2D eigenvalue weighted by atomic mass is 32.1. The summed E-state index contributed by atoms with van der Waals surface area (Å²) in [6.07, 6.45) is 4.99. The van der Waals surface area contributed by atoms with Gasteiger partial charge in [-0.3, -0.25) is 9.59 Å². The van der Waals surface area contributed by atoms with Gasteiger partial charge in [0.15, 0.2) is 0 Å². The van der Waals surface area contributed by atoms with E-state index >= 15 is 0 Å². The fourth-order valence-electron chi connectivity index (χ4n) is 2.63. The van der Waals surface area contributed by atoms with E-state index in [2.05, 4.69) is 33.8 Å². The molecule has 0 spiro atoms. The van der Waals surface area contributed by atoms with Gasteiger partial charge in [0.25, 0.3) is 0 Å². The van der Waals surface area contributed by atoms with Crippen LogP contribution in [-0.4, -0.2) is 34.0 Å². The molecule has 144 valence electrons. The number of carbonyl (C=O) groups excluding carboxylic acids is 1. The Morgan fingerprint density at radius 1 is 1.42 bits per heavy atom. The van der Waals surface area contributed by atoms with Crippen LogP contribution >= 0.6 is 12.6 Å². The van der Waals surface area contributed by atoms with Crippen molar-refractivity contribution >= 4 is 30.2 Å². The van der Waals surface area contributed by atoms with E-state index in [9.17, 15) is 9.59 Å². The summed E-state index contributed by atoms with van der Waals surface area (Å²) in [7, 11) is 0. The number of nitrogens with zero attached hydrogens (tertiary/aromatic N) is 1. The third-order valence-corrected chi connectivity index (χ3v) is 3.91. The summed E-state index contributed by atoms with van der Waals surface area (Å²) in [5.41, 5.74) is 5.18. The summed E-state index contributed by atoms with van der Waals surface area (Å²) in [5, 5.41) is 19.3. The zero-order valence-corrected chi connectivity index (χ0v) is 16.0. The molecule has 0 fully saturated rings. The molecule has 2 rings (SSSR count). The van der Waals surface area contributed by atoms with Crippen molar-refractivity contribution in [2.45, 2.75) is 57.1 Å². The summed E-state index contributed by atoms with van der Waals surface area (Å²) in [5.74, 6) is -0.456. The second kappa shape index (κ2) is 8.98. The van der Waals surface area contributed by atoms with E-state index in [1.54, 1.807) is 6.20 Å². The second-order valence-electron chi connectivity index (χ2n) is 6.91. The van der Waals surface area contributed by atoms with Gasteiger partial charge in [-0.2, -0.15) is 17.7 Å². The molecular weight excluding hydrogens is 356 g/mol. The Labute approximate surface area is 158 Å². The average molecular weight is 382 g/mol. The summed E-state index contributed by atoms with van der Waals surface area (Å²) >= 11 is 4.35. The molecular formula is C17H26N4O4S. The lowest BCUT2D eigenvalue weighted by atomic mass is 9.98. The number of hydrogen-bond donors (Lipinski definition) is 5. The van der Waals surface area contributed by atoms with Gasteiger partial charge >= 0.3 is 5.97 Å². The molecule has 0 saturated carbocycles. The van der Waals surface area contributed by atoms with Crippen molar-refractivity contribution in [3.8, 4) is 0 Å². The number of aliphatic carboxylic acids is 1. The first kappa shape index (κ1) is 20.2. The van der Waals surface area contributed by atoms with Gasteiger partial charge in [0.1, 0.15) is 0 Å². The zero-order chi connectivity index (χ0) is 19.2. The summed E-state index contributed by atoms with van der Waals surface area (Å²) in [6.45, 7) is 4.07. The van der Waals surface area contributed by atoms with Crippen LogP contribution in [0.3, 0.4) is 0 Å². The summed E-state index contributed by atoms with van der Waals surface area (Å²) in [4.78, 5) is 22.4. The Morgan fingerprint density at radius 3 is 2.88 bits per heavy atom. The van der Waals surface area contributed by atoms with Gasteiger partial charge in [-0.05, 0) is 25.7 Å². The molecule has 0 saturated heterocycles. The predicted molar refractivity (Wildman–Crippen MR) is 101 cm³/mol. The molecule has 2 aliphatic rings. The van der Waals surface area contributed by atoms with Crippen molar-refractivity contribution in [1.29, 1.82) is 0 Å². The van der Waals surface area contributed by atoms with E-state index in [1.807, 2.05) is 13.8 Å². The van der Waals surface area contributed by atoms with E-state index in [-0.39, 0.29) is 23.5 Å². The number of nitrogens with one attached hydrogen (secondary N) is 3. The quantitative estimate of drug-likeness (QED) is 0.249. The predicted octanol–water partition coefficient (Wildman–Crippen LogP) is 1.83. The summed E-state index contributed by atoms with van der Waals surface area (Å²) in [6, 6.07) is 0. The van der Waals surface area contributed by atoms with Gasteiger partial charge in [0, 0.05) is 23.3 Å². The highest BCUT2D eigenvalue weighted by Crippen LogP contribution is 2.23. The molecule has 0 unspecified atom stereocenters. The largest absolute Gasteiger partial charge is 0.481 e. The lowest BCUT2D eigenvalue weighted by molar-refractivity contribution is -0.137. The monoisotopic (exact) mass is 382 g/mol. The number of allylic oxidation sites excluding steroid dienone is 2. The van der Waals surface area contributed by atoms with Crippen molar-refractivity contribution in [1.82, 2.24) is 16.1 Å². The fourth-order valence-corrected chi connectivity index (χ4v) is 2.78. The molecule has 0 atom stereocenters. The van der Waals surface area contributed by atoms with Crippen molar-refractivity contribution in [2.24, 2.45) is 5.10 Å². The lowest BCUT2D eigenvalue weighted by Crippen LogP contribution is -2.35. The van der Waals surface area contributed by atoms with Crippen LogP contribution in [-0.2, 0) is 14.3 Å². The number of thiol groups is 1. The molecule has 0 aromatic heterocycles. The first-order valence-corrected chi connectivity index (χ1v) is 9.09. The SMILES string of the molecule is CC(C)(S)CC(=O)N/N=C1\CCCC2=C1NC=C(OCCCC(=O)O)N2. The van der Waals surface area contributed by atoms with Gasteiger partial charge in [0.05, 0.1) is 24.2 Å². The number of carboxylic acid groups (broad SMARTS) is 1. The normalized spacial score (nSPS) is 18.4. The first-order valence-electron chi connectivity index (χ1n) is 8.64. The molecule has 1 amide bonds. The van der Waals surface area contributed by atoms with E-state index in [1.165, 1.54) is 0 Å². The maximum atomic E-state index is 11.9. The Bertz CT molecular complexity index is 650. The molecule has 4 N–H and O–H groups in total. The van der Waals surface area contributed by atoms with Crippen LogP contribution in [0.5, 0.6) is 0 Å². The molecule has 0 aromatic rings. The molecule has 9 heteroatoms. The highest BCUT2D eigenvalue weighted by Gasteiger charge is 2.23. The number of amides is 1. The average Bonchev–Trinajstić information content (AvgIpc) is 2.55. The van der Waals surface area contributed by atoms with Crippen LogP contribution in [0.1, 0.15) is 52.4 Å². The van der Waals surface area contributed by atoms with Crippen molar-refractivity contribution in [3.63, 3.8) is 0 Å². The Kier molecular flexibility index (Phi) is 6.96. The molecule has 1 heterocycles. The van der Waals surface area contributed by atoms with Gasteiger partial charge in [-0.15, -0.1) is 0 Å². The van der Waals surface area contributed by atoms with Gasteiger partial charge in [-0.25, -0.2) is 5.43 Å². The third kappa shape index (κ3) is 6.62. The minimum Gasteiger partial charge on any atom is -0.481 e. The van der Waals surface area contributed by atoms with E-state index in [0.717, 1.165) is 36.4 Å². The number of hydrazone groups is 1. The highest BCUT2D eigenvalue weighted by molar-refractivity contribution is 7.81. The molecule has 0 radical (unpaired) electrons. The molecule has 8 nitrogen and oxygen atoms in total. The van der Waals surface area contributed by atoms with Gasteiger partial charge in [-0.1, -0.05) is 13.8 Å². The number of rotatable bonds is 8. The minimum absolute atomic E-state index is 0.0776. The van der Waals surface area contributed by atoms with Crippen LogP contribution < -0.4 is 16.1 Å². The number of ether oxygens (including phenoxy) is 1. The van der Waals surface area contributed by atoms with Crippen LogP contribution in [0, 0.1) is 0 Å². The maximum absolute atomic E-state index is 11.9. The lowest BCUT2D eigenvalue weighted by Gasteiger charge is -2.28. The topological polar surface area (TPSA) is 112 Å². The van der Waals surface area contributed by atoms with E-state index in [0.29, 0.717) is 18.9 Å². The van der Waals surface area contributed by atoms with Crippen molar-refractivity contribution < 1.29 is 19.4 Å².